The van der Waals surface area contributed by atoms with Gasteiger partial charge < -0.3 is 10.6 Å². The van der Waals surface area contributed by atoms with E-state index in [1.165, 1.54) is 11.3 Å². The van der Waals surface area contributed by atoms with E-state index in [9.17, 15) is 0 Å². The van der Waals surface area contributed by atoms with Crippen LogP contribution in [0.15, 0.2) is 36.7 Å². The Morgan fingerprint density at radius 2 is 2.23 bits per heavy atom. The van der Waals surface area contributed by atoms with Crippen LogP contribution < -0.4 is 10.6 Å². The molecule has 3 heterocycles. The Kier molecular flexibility index (Phi) is 4.10. The van der Waals surface area contributed by atoms with Gasteiger partial charge in [0.2, 0.25) is 5.95 Å². The topological polar surface area (TPSA) is 49.8 Å². The number of nitrogens with zero attached hydrogens (tertiary/aromatic N) is 2. The summed E-state index contributed by atoms with van der Waals surface area (Å²) in [5.74, 6) is 0.650. The number of hydrogen-bond donors (Lipinski definition) is 2. The Labute approximate surface area is 139 Å². The molecule has 1 aliphatic heterocycles. The summed E-state index contributed by atoms with van der Waals surface area (Å²) in [6.07, 6.45) is 3.64. The van der Waals surface area contributed by atoms with Crippen LogP contribution in [0.1, 0.15) is 26.7 Å². The predicted octanol–water partition coefficient (Wildman–Crippen LogP) is 4.31. The van der Waals surface area contributed by atoms with Crippen LogP contribution in [0.5, 0.6) is 0 Å². The van der Waals surface area contributed by atoms with E-state index in [1.54, 1.807) is 6.20 Å². The second kappa shape index (κ2) is 5.89. The van der Waals surface area contributed by atoms with Crippen molar-refractivity contribution in [3.05, 3.63) is 41.0 Å². The first-order chi connectivity index (χ1) is 10.4. The third kappa shape index (κ3) is 3.59. The smallest absolute Gasteiger partial charge is 0.223 e. The SMILES string of the molecule is C=C1CC(Nc2nccc(-c3ccc(Cl)s3)n2)CC(C)(C)N1. The maximum atomic E-state index is 6.00. The van der Waals surface area contributed by atoms with Gasteiger partial charge in [-0.15, -0.1) is 11.3 Å². The lowest BCUT2D eigenvalue weighted by Gasteiger charge is -2.38. The third-order valence-corrected chi connectivity index (χ3v) is 4.83. The molecule has 0 aromatic carbocycles. The van der Waals surface area contributed by atoms with Gasteiger partial charge in [0.25, 0.3) is 0 Å². The average Bonchev–Trinajstić information content (AvgIpc) is 2.83. The van der Waals surface area contributed by atoms with Gasteiger partial charge in [-0.1, -0.05) is 18.2 Å². The van der Waals surface area contributed by atoms with Crippen molar-refractivity contribution in [1.29, 1.82) is 0 Å². The van der Waals surface area contributed by atoms with Crippen molar-refractivity contribution in [3.63, 3.8) is 0 Å². The van der Waals surface area contributed by atoms with Crippen molar-refractivity contribution >= 4 is 28.9 Å². The molecule has 1 atom stereocenters. The average molecular weight is 335 g/mol. The van der Waals surface area contributed by atoms with Gasteiger partial charge in [-0.2, -0.15) is 0 Å². The largest absolute Gasteiger partial charge is 0.384 e. The predicted molar refractivity (Wildman–Crippen MR) is 93.4 cm³/mol. The molecule has 4 nitrogen and oxygen atoms in total. The quantitative estimate of drug-likeness (QED) is 0.878. The van der Waals surface area contributed by atoms with Crippen LogP contribution in [0, 0.1) is 0 Å². The van der Waals surface area contributed by atoms with Crippen LogP contribution in [0.2, 0.25) is 4.34 Å². The monoisotopic (exact) mass is 334 g/mol. The van der Waals surface area contributed by atoms with Crippen molar-refractivity contribution in [3.8, 4) is 10.6 Å². The zero-order valence-corrected chi connectivity index (χ0v) is 14.3. The first-order valence-electron chi connectivity index (χ1n) is 7.22. The zero-order chi connectivity index (χ0) is 15.7. The second-order valence-corrected chi connectivity index (χ2v) is 7.95. The van der Waals surface area contributed by atoms with Gasteiger partial charge in [0.1, 0.15) is 0 Å². The van der Waals surface area contributed by atoms with Gasteiger partial charge in [0.15, 0.2) is 0 Å². The van der Waals surface area contributed by atoms with Crippen LogP contribution in [-0.4, -0.2) is 21.5 Å². The highest BCUT2D eigenvalue weighted by molar-refractivity contribution is 7.19. The van der Waals surface area contributed by atoms with E-state index in [2.05, 4.69) is 41.0 Å². The summed E-state index contributed by atoms with van der Waals surface area (Å²) >= 11 is 7.51. The Hall–Kier alpha value is -1.59. The maximum absolute atomic E-state index is 6.00. The minimum atomic E-state index is 0.0336. The Morgan fingerprint density at radius 3 is 2.91 bits per heavy atom. The molecular formula is C16H19ClN4S. The molecule has 1 aliphatic rings. The summed E-state index contributed by atoms with van der Waals surface area (Å²) in [5, 5.41) is 6.86. The Morgan fingerprint density at radius 1 is 1.41 bits per heavy atom. The van der Waals surface area contributed by atoms with E-state index in [4.69, 9.17) is 11.6 Å². The van der Waals surface area contributed by atoms with E-state index in [0.29, 0.717) is 5.95 Å². The fourth-order valence-electron chi connectivity index (χ4n) is 2.87. The van der Waals surface area contributed by atoms with Crippen LogP contribution >= 0.6 is 22.9 Å². The second-order valence-electron chi connectivity index (χ2n) is 6.23. The van der Waals surface area contributed by atoms with Gasteiger partial charge in [-0.05, 0) is 38.5 Å². The zero-order valence-electron chi connectivity index (χ0n) is 12.7. The summed E-state index contributed by atoms with van der Waals surface area (Å²) in [4.78, 5) is 9.99. The highest BCUT2D eigenvalue weighted by Crippen LogP contribution is 2.30. The summed E-state index contributed by atoms with van der Waals surface area (Å²) < 4.78 is 0.763. The van der Waals surface area contributed by atoms with Crippen LogP contribution in [-0.2, 0) is 0 Å². The standard InChI is InChI=1S/C16H19ClN4S/c1-10-8-11(9-16(2,3)21-10)19-15-18-7-6-12(20-15)13-4-5-14(17)22-13/h4-7,11,21H,1,8-9H2,2-3H3,(H,18,19,20). The molecule has 0 radical (unpaired) electrons. The van der Waals surface area contributed by atoms with Crippen LogP contribution in [0.4, 0.5) is 5.95 Å². The highest BCUT2D eigenvalue weighted by Gasteiger charge is 2.29. The fourth-order valence-corrected chi connectivity index (χ4v) is 3.88. The minimum Gasteiger partial charge on any atom is -0.384 e. The van der Waals surface area contributed by atoms with Gasteiger partial charge in [0.05, 0.1) is 14.9 Å². The van der Waals surface area contributed by atoms with E-state index in [-0.39, 0.29) is 11.6 Å². The van der Waals surface area contributed by atoms with Gasteiger partial charge in [0, 0.05) is 29.9 Å². The van der Waals surface area contributed by atoms with E-state index < -0.39 is 0 Å². The molecule has 0 bridgehead atoms. The molecule has 0 saturated carbocycles. The molecule has 2 N–H and O–H groups in total. The number of piperidine rings is 1. The third-order valence-electron chi connectivity index (χ3n) is 3.58. The van der Waals surface area contributed by atoms with Gasteiger partial charge in [-0.25, -0.2) is 9.97 Å². The number of halogens is 1. The number of rotatable bonds is 3. The fraction of sp³-hybridized carbons (Fsp3) is 0.375. The number of thiophene rings is 1. The molecule has 0 spiro atoms. The first kappa shape index (κ1) is 15.3. The summed E-state index contributed by atoms with van der Waals surface area (Å²) in [5.41, 5.74) is 1.97. The molecule has 0 aliphatic carbocycles. The van der Waals surface area contributed by atoms with Gasteiger partial charge >= 0.3 is 0 Å². The van der Waals surface area contributed by atoms with E-state index >= 15 is 0 Å². The molecule has 0 amide bonds. The summed E-state index contributed by atoms with van der Waals surface area (Å²) in [7, 11) is 0. The lowest BCUT2D eigenvalue weighted by atomic mass is 9.88. The van der Waals surface area contributed by atoms with Crippen LogP contribution in [0.3, 0.4) is 0 Å². The van der Waals surface area contributed by atoms with Crippen molar-refractivity contribution in [1.82, 2.24) is 15.3 Å². The normalized spacial score (nSPS) is 20.5. The van der Waals surface area contributed by atoms with Crippen molar-refractivity contribution in [2.75, 3.05) is 5.32 Å². The maximum Gasteiger partial charge on any atom is 0.223 e. The lowest BCUT2D eigenvalue weighted by Crippen LogP contribution is -2.48. The van der Waals surface area contributed by atoms with E-state index in [0.717, 1.165) is 33.4 Å². The first-order valence-corrected chi connectivity index (χ1v) is 8.42. The molecule has 116 valence electrons. The molecule has 22 heavy (non-hydrogen) atoms. The Bertz CT molecular complexity index is 695. The lowest BCUT2D eigenvalue weighted by molar-refractivity contribution is 0.324. The summed E-state index contributed by atoms with van der Waals surface area (Å²) in [6, 6.07) is 6.05. The molecular weight excluding hydrogens is 316 g/mol. The molecule has 1 fully saturated rings. The number of hydrogen-bond acceptors (Lipinski definition) is 5. The van der Waals surface area contributed by atoms with E-state index in [1.807, 2.05) is 18.2 Å². The van der Waals surface area contributed by atoms with Crippen molar-refractivity contribution in [2.24, 2.45) is 0 Å². The highest BCUT2D eigenvalue weighted by atomic mass is 35.5. The molecule has 1 saturated heterocycles. The van der Waals surface area contributed by atoms with Crippen LogP contribution in [0.25, 0.3) is 10.6 Å². The molecule has 2 aromatic heterocycles. The van der Waals surface area contributed by atoms with Crippen molar-refractivity contribution in [2.45, 2.75) is 38.3 Å². The molecule has 3 rings (SSSR count). The minimum absolute atomic E-state index is 0.0336. The number of nitrogens with one attached hydrogen (secondary N) is 2. The summed E-state index contributed by atoms with van der Waals surface area (Å²) in [6.45, 7) is 8.42. The molecule has 2 aromatic rings. The molecule has 6 heteroatoms. The Balaban J connectivity index is 1.77. The van der Waals surface area contributed by atoms with Gasteiger partial charge in [-0.3, -0.25) is 0 Å². The number of anilines is 1. The number of aromatic nitrogens is 2. The van der Waals surface area contributed by atoms with Crippen molar-refractivity contribution < 1.29 is 0 Å². The molecule has 1 unspecified atom stereocenters.